The van der Waals surface area contributed by atoms with Crippen LogP contribution in [0, 0.1) is 11.3 Å². The zero-order valence-corrected chi connectivity index (χ0v) is 12.4. The summed E-state index contributed by atoms with van der Waals surface area (Å²) in [5.41, 5.74) is 1.25. The average molecular weight is 263 g/mol. The van der Waals surface area contributed by atoms with Crippen molar-refractivity contribution in [2.75, 3.05) is 13.1 Å². The van der Waals surface area contributed by atoms with Gasteiger partial charge in [-0.05, 0) is 11.0 Å². The van der Waals surface area contributed by atoms with Crippen molar-refractivity contribution < 1.29 is 9.53 Å². The maximum absolute atomic E-state index is 11.8. The summed E-state index contributed by atoms with van der Waals surface area (Å²) >= 11 is 0. The SMILES string of the molecule is CC(CNCC(C)(C)C)C(=O)OCc1ccccc1. The lowest BCUT2D eigenvalue weighted by molar-refractivity contribution is -0.149. The lowest BCUT2D eigenvalue weighted by Crippen LogP contribution is -2.33. The van der Waals surface area contributed by atoms with Crippen LogP contribution >= 0.6 is 0 Å². The topological polar surface area (TPSA) is 38.3 Å². The molecule has 0 spiro atoms. The molecule has 19 heavy (non-hydrogen) atoms. The third-order valence-corrected chi connectivity index (χ3v) is 2.73. The minimum atomic E-state index is -0.148. The van der Waals surface area contributed by atoms with E-state index >= 15 is 0 Å². The lowest BCUT2D eigenvalue weighted by atomic mass is 9.97. The molecular weight excluding hydrogens is 238 g/mol. The molecule has 1 unspecified atom stereocenters. The summed E-state index contributed by atoms with van der Waals surface area (Å²) in [6, 6.07) is 9.74. The van der Waals surface area contributed by atoms with Gasteiger partial charge >= 0.3 is 5.97 Å². The summed E-state index contributed by atoms with van der Waals surface area (Å²) < 4.78 is 5.29. The highest BCUT2D eigenvalue weighted by Crippen LogP contribution is 2.11. The number of rotatable bonds is 6. The molecule has 1 aromatic carbocycles. The first-order valence-electron chi connectivity index (χ1n) is 6.80. The van der Waals surface area contributed by atoms with E-state index in [4.69, 9.17) is 4.74 Å². The fourth-order valence-corrected chi connectivity index (χ4v) is 1.62. The van der Waals surface area contributed by atoms with Crippen LogP contribution in [-0.2, 0) is 16.1 Å². The molecule has 1 atom stereocenters. The Labute approximate surface area is 116 Å². The highest BCUT2D eigenvalue weighted by atomic mass is 16.5. The third kappa shape index (κ3) is 6.97. The van der Waals surface area contributed by atoms with Gasteiger partial charge in [0.25, 0.3) is 0 Å². The normalized spacial score (nSPS) is 13.1. The summed E-state index contributed by atoms with van der Waals surface area (Å²) in [5, 5.41) is 3.30. The molecule has 1 rings (SSSR count). The van der Waals surface area contributed by atoms with Crippen LogP contribution in [0.1, 0.15) is 33.3 Å². The molecule has 0 saturated heterocycles. The van der Waals surface area contributed by atoms with Gasteiger partial charge in [-0.25, -0.2) is 0 Å². The Kier molecular flexibility index (Phi) is 6.03. The Morgan fingerprint density at radius 2 is 1.89 bits per heavy atom. The molecule has 106 valence electrons. The smallest absolute Gasteiger partial charge is 0.310 e. The minimum absolute atomic E-state index is 0.119. The van der Waals surface area contributed by atoms with Crippen molar-refractivity contribution in [2.24, 2.45) is 11.3 Å². The number of esters is 1. The molecule has 0 saturated carbocycles. The first-order valence-corrected chi connectivity index (χ1v) is 6.80. The largest absolute Gasteiger partial charge is 0.461 e. The van der Waals surface area contributed by atoms with E-state index in [1.54, 1.807) is 0 Å². The van der Waals surface area contributed by atoms with Crippen molar-refractivity contribution in [3.63, 3.8) is 0 Å². The molecule has 1 N–H and O–H groups in total. The van der Waals surface area contributed by atoms with E-state index in [9.17, 15) is 4.79 Å². The van der Waals surface area contributed by atoms with Crippen LogP contribution in [0.4, 0.5) is 0 Å². The zero-order chi connectivity index (χ0) is 14.3. The molecule has 3 nitrogen and oxygen atoms in total. The van der Waals surface area contributed by atoms with Crippen molar-refractivity contribution in [3.05, 3.63) is 35.9 Å². The number of hydrogen-bond acceptors (Lipinski definition) is 3. The predicted molar refractivity (Wildman–Crippen MR) is 77.7 cm³/mol. The summed E-state index contributed by atoms with van der Waals surface area (Å²) in [6.45, 7) is 10.3. The Hall–Kier alpha value is -1.35. The number of hydrogen-bond donors (Lipinski definition) is 1. The van der Waals surface area contributed by atoms with Crippen LogP contribution in [-0.4, -0.2) is 19.1 Å². The van der Waals surface area contributed by atoms with Crippen LogP contribution in [0.2, 0.25) is 0 Å². The molecule has 0 aliphatic rings. The molecule has 0 heterocycles. The van der Waals surface area contributed by atoms with E-state index in [2.05, 4.69) is 26.1 Å². The molecule has 0 bridgehead atoms. The van der Waals surface area contributed by atoms with Crippen molar-refractivity contribution >= 4 is 5.97 Å². The van der Waals surface area contributed by atoms with Gasteiger partial charge < -0.3 is 10.1 Å². The molecule has 1 aromatic rings. The van der Waals surface area contributed by atoms with Crippen molar-refractivity contribution in [2.45, 2.75) is 34.3 Å². The number of carbonyl (C=O) groups excluding carboxylic acids is 1. The van der Waals surface area contributed by atoms with Gasteiger partial charge in [0.1, 0.15) is 6.61 Å². The quantitative estimate of drug-likeness (QED) is 0.802. The second-order valence-corrected chi connectivity index (χ2v) is 6.19. The molecule has 0 fully saturated rings. The van der Waals surface area contributed by atoms with E-state index in [1.165, 1.54) is 0 Å². The summed E-state index contributed by atoms with van der Waals surface area (Å²) in [4.78, 5) is 11.8. The Balaban J connectivity index is 2.25. The lowest BCUT2D eigenvalue weighted by Gasteiger charge is -2.20. The van der Waals surface area contributed by atoms with Crippen LogP contribution in [0.15, 0.2) is 30.3 Å². The summed E-state index contributed by atoms with van der Waals surface area (Å²) in [5.74, 6) is -0.267. The van der Waals surface area contributed by atoms with E-state index in [0.29, 0.717) is 13.2 Å². The highest BCUT2D eigenvalue weighted by Gasteiger charge is 2.16. The van der Waals surface area contributed by atoms with Crippen LogP contribution in [0.5, 0.6) is 0 Å². The zero-order valence-electron chi connectivity index (χ0n) is 12.4. The van der Waals surface area contributed by atoms with Gasteiger partial charge in [-0.3, -0.25) is 4.79 Å². The number of nitrogens with one attached hydrogen (secondary N) is 1. The van der Waals surface area contributed by atoms with E-state index < -0.39 is 0 Å². The minimum Gasteiger partial charge on any atom is -0.461 e. The Morgan fingerprint density at radius 3 is 2.47 bits per heavy atom. The van der Waals surface area contributed by atoms with E-state index in [-0.39, 0.29) is 17.3 Å². The van der Waals surface area contributed by atoms with Gasteiger partial charge in [0.05, 0.1) is 5.92 Å². The summed E-state index contributed by atoms with van der Waals surface area (Å²) in [7, 11) is 0. The van der Waals surface area contributed by atoms with Crippen molar-refractivity contribution in [1.82, 2.24) is 5.32 Å². The molecular formula is C16H25NO2. The predicted octanol–water partition coefficient (Wildman–Crippen LogP) is 3.00. The first kappa shape index (κ1) is 15.7. The van der Waals surface area contributed by atoms with E-state index in [0.717, 1.165) is 12.1 Å². The van der Waals surface area contributed by atoms with Crippen LogP contribution in [0.3, 0.4) is 0 Å². The van der Waals surface area contributed by atoms with E-state index in [1.807, 2.05) is 37.3 Å². The molecule has 0 radical (unpaired) electrons. The van der Waals surface area contributed by atoms with Gasteiger partial charge in [-0.15, -0.1) is 0 Å². The van der Waals surface area contributed by atoms with Gasteiger partial charge in [0.2, 0.25) is 0 Å². The summed E-state index contributed by atoms with van der Waals surface area (Å²) in [6.07, 6.45) is 0. The van der Waals surface area contributed by atoms with Gasteiger partial charge in [0, 0.05) is 13.1 Å². The van der Waals surface area contributed by atoms with Crippen LogP contribution in [0.25, 0.3) is 0 Å². The fraction of sp³-hybridized carbons (Fsp3) is 0.562. The second-order valence-electron chi connectivity index (χ2n) is 6.19. The van der Waals surface area contributed by atoms with Gasteiger partial charge in [-0.1, -0.05) is 58.0 Å². The second kappa shape index (κ2) is 7.29. The molecule has 0 aliphatic heterocycles. The molecule has 3 heteroatoms. The van der Waals surface area contributed by atoms with Crippen molar-refractivity contribution in [1.29, 1.82) is 0 Å². The highest BCUT2D eigenvalue weighted by molar-refractivity contribution is 5.72. The number of benzene rings is 1. The molecule has 0 aliphatic carbocycles. The first-order chi connectivity index (χ1) is 8.88. The Bertz CT molecular complexity index is 381. The van der Waals surface area contributed by atoms with Gasteiger partial charge in [-0.2, -0.15) is 0 Å². The molecule has 0 aromatic heterocycles. The van der Waals surface area contributed by atoms with Crippen LogP contribution < -0.4 is 5.32 Å². The average Bonchev–Trinajstić information content (AvgIpc) is 2.35. The maximum atomic E-state index is 11.8. The van der Waals surface area contributed by atoms with Crippen molar-refractivity contribution in [3.8, 4) is 0 Å². The number of carbonyl (C=O) groups is 1. The maximum Gasteiger partial charge on any atom is 0.310 e. The van der Waals surface area contributed by atoms with Gasteiger partial charge in [0.15, 0.2) is 0 Å². The number of ether oxygens (including phenoxy) is 1. The Morgan fingerprint density at radius 1 is 1.26 bits per heavy atom. The fourth-order valence-electron chi connectivity index (χ4n) is 1.62. The third-order valence-electron chi connectivity index (χ3n) is 2.73. The standard InChI is InChI=1S/C16H25NO2/c1-13(10-17-12-16(2,3)4)15(18)19-11-14-8-6-5-7-9-14/h5-9,13,17H,10-12H2,1-4H3. The monoisotopic (exact) mass is 263 g/mol. The molecule has 0 amide bonds.